The van der Waals surface area contributed by atoms with E-state index >= 15 is 0 Å². The average Bonchev–Trinajstić information content (AvgIpc) is 2.91. The summed E-state index contributed by atoms with van der Waals surface area (Å²) in [5, 5.41) is 2.75. The van der Waals surface area contributed by atoms with Gasteiger partial charge >= 0.3 is 5.76 Å². The van der Waals surface area contributed by atoms with Gasteiger partial charge in [0.05, 0.1) is 6.20 Å². The fourth-order valence-electron chi connectivity index (χ4n) is 2.29. The Balaban J connectivity index is 1.76. The van der Waals surface area contributed by atoms with Gasteiger partial charge in [-0.2, -0.15) is 0 Å². The zero-order chi connectivity index (χ0) is 17.1. The molecule has 24 heavy (non-hydrogen) atoms. The third-order valence-electron chi connectivity index (χ3n) is 3.57. The van der Waals surface area contributed by atoms with Crippen molar-refractivity contribution in [2.24, 2.45) is 0 Å². The molecular formula is C18H15FN2O3. The van der Waals surface area contributed by atoms with E-state index in [-0.39, 0.29) is 24.0 Å². The van der Waals surface area contributed by atoms with E-state index in [2.05, 4.69) is 5.32 Å². The number of nitrogens with zero attached hydrogens (tertiary/aromatic N) is 1. The number of para-hydroxylation sites is 1. The third-order valence-corrected chi connectivity index (χ3v) is 3.57. The number of hydrogen-bond acceptors (Lipinski definition) is 3. The maximum atomic E-state index is 12.9. The van der Waals surface area contributed by atoms with Gasteiger partial charge in [0.2, 0.25) is 5.91 Å². The van der Waals surface area contributed by atoms with Crippen molar-refractivity contribution in [3.8, 4) is 11.3 Å². The molecule has 0 unspecified atom stereocenters. The summed E-state index contributed by atoms with van der Waals surface area (Å²) in [5.41, 5.74) is 2.18. The van der Waals surface area contributed by atoms with E-state index < -0.39 is 5.76 Å². The highest BCUT2D eigenvalue weighted by Gasteiger charge is 2.12. The van der Waals surface area contributed by atoms with Crippen LogP contribution in [0.4, 0.5) is 10.1 Å². The maximum Gasteiger partial charge on any atom is 0.419 e. The van der Waals surface area contributed by atoms with Gasteiger partial charge in [0.25, 0.3) is 0 Å². The van der Waals surface area contributed by atoms with Crippen LogP contribution in [0.5, 0.6) is 0 Å². The smallest absolute Gasteiger partial charge is 0.408 e. The van der Waals surface area contributed by atoms with Gasteiger partial charge in [-0.3, -0.25) is 9.36 Å². The van der Waals surface area contributed by atoms with Crippen LogP contribution >= 0.6 is 0 Å². The van der Waals surface area contributed by atoms with Crippen LogP contribution in [0.3, 0.4) is 0 Å². The minimum absolute atomic E-state index is 0.169. The molecule has 0 saturated heterocycles. The lowest BCUT2D eigenvalue weighted by Gasteiger charge is -2.07. The molecule has 1 heterocycles. The molecule has 1 amide bonds. The van der Waals surface area contributed by atoms with Crippen molar-refractivity contribution in [1.82, 2.24) is 4.57 Å². The number of rotatable bonds is 4. The summed E-state index contributed by atoms with van der Waals surface area (Å²) in [6.45, 7) is 1.71. The number of carbonyl (C=O) groups is 1. The Hall–Kier alpha value is -3.15. The largest absolute Gasteiger partial charge is 0.419 e. The lowest BCUT2D eigenvalue weighted by Crippen LogP contribution is -2.24. The number of carbonyl (C=O) groups excluding carboxylic acids is 1. The van der Waals surface area contributed by atoms with Crippen LogP contribution in [0.25, 0.3) is 11.3 Å². The fourth-order valence-corrected chi connectivity index (χ4v) is 2.29. The monoisotopic (exact) mass is 326 g/mol. The molecule has 6 heteroatoms. The zero-order valence-corrected chi connectivity index (χ0v) is 13.0. The van der Waals surface area contributed by atoms with Crippen molar-refractivity contribution in [2.45, 2.75) is 13.5 Å². The number of benzene rings is 2. The molecule has 0 radical (unpaired) electrons. The molecule has 3 rings (SSSR count). The Bertz CT molecular complexity index is 926. The summed E-state index contributed by atoms with van der Waals surface area (Å²) in [6, 6.07) is 12.9. The summed E-state index contributed by atoms with van der Waals surface area (Å²) < 4.78 is 19.2. The number of aryl methyl sites for hydroxylation is 1. The second-order valence-electron chi connectivity index (χ2n) is 5.36. The van der Waals surface area contributed by atoms with E-state index in [1.807, 2.05) is 25.1 Å². The quantitative estimate of drug-likeness (QED) is 0.801. The van der Waals surface area contributed by atoms with Crippen LogP contribution < -0.4 is 11.1 Å². The Labute approximate surface area is 137 Å². The number of amides is 1. The SMILES string of the molecule is Cc1ccccc1NC(=O)Cn1cc(-c2ccc(F)cc2)oc1=O. The molecule has 2 aromatic carbocycles. The number of hydrogen-bond donors (Lipinski definition) is 1. The molecule has 5 nitrogen and oxygen atoms in total. The van der Waals surface area contributed by atoms with Crippen LogP contribution in [0.2, 0.25) is 0 Å². The average molecular weight is 326 g/mol. The van der Waals surface area contributed by atoms with Crippen molar-refractivity contribution < 1.29 is 13.6 Å². The molecule has 122 valence electrons. The lowest BCUT2D eigenvalue weighted by atomic mass is 10.2. The summed E-state index contributed by atoms with van der Waals surface area (Å²) >= 11 is 0. The molecule has 1 N–H and O–H groups in total. The first kappa shape index (κ1) is 15.7. The highest BCUT2D eigenvalue weighted by Crippen LogP contribution is 2.18. The Kier molecular flexibility index (Phi) is 4.29. The Morgan fingerprint density at radius 2 is 1.88 bits per heavy atom. The van der Waals surface area contributed by atoms with Gasteiger partial charge in [0.1, 0.15) is 12.4 Å². The van der Waals surface area contributed by atoms with Gasteiger partial charge in [-0.25, -0.2) is 9.18 Å². The van der Waals surface area contributed by atoms with Crippen molar-refractivity contribution in [3.63, 3.8) is 0 Å². The van der Waals surface area contributed by atoms with E-state index in [1.54, 1.807) is 6.07 Å². The number of anilines is 1. The molecular weight excluding hydrogens is 311 g/mol. The Morgan fingerprint density at radius 3 is 2.58 bits per heavy atom. The van der Waals surface area contributed by atoms with E-state index in [9.17, 15) is 14.0 Å². The normalized spacial score (nSPS) is 10.6. The number of halogens is 1. The number of oxazole rings is 1. The van der Waals surface area contributed by atoms with E-state index in [0.717, 1.165) is 5.56 Å². The van der Waals surface area contributed by atoms with Crippen molar-refractivity contribution in [2.75, 3.05) is 5.32 Å². The van der Waals surface area contributed by atoms with Crippen LogP contribution in [0, 0.1) is 12.7 Å². The second kappa shape index (κ2) is 6.54. The zero-order valence-electron chi connectivity index (χ0n) is 13.0. The minimum atomic E-state index is -0.644. The predicted molar refractivity (Wildman–Crippen MR) is 88.2 cm³/mol. The second-order valence-corrected chi connectivity index (χ2v) is 5.36. The van der Waals surface area contributed by atoms with Gasteiger partial charge in [0.15, 0.2) is 5.76 Å². The molecule has 0 spiro atoms. The number of aromatic nitrogens is 1. The van der Waals surface area contributed by atoms with E-state index in [4.69, 9.17) is 4.42 Å². The maximum absolute atomic E-state index is 12.9. The molecule has 1 aromatic heterocycles. The van der Waals surface area contributed by atoms with Gasteiger partial charge < -0.3 is 9.73 Å². The summed E-state index contributed by atoms with van der Waals surface area (Å²) in [4.78, 5) is 24.0. The highest BCUT2D eigenvalue weighted by atomic mass is 19.1. The van der Waals surface area contributed by atoms with Gasteiger partial charge in [-0.1, -0.05) is 18.2 Å². The topological polar surface area (TPSA) is 64.2 Å². The van der Waals surface area contributed by atoms with Crippen LogP contribution in [-0.4, -0.2) is 10.5 Å². The first-order valence-corrected chi connectivity index (χ1v) is 7.34. The van der Waals surface area contributed by atoms with Gasteiger partial charge in [-0.15, -0.1) is 0 Å². The van der Waals surface area contributed by atoms with Crippen molar-refractivity contribution in [1.29, 1.82) is 0 Å². The van der Waals surface area contributed by atoms with Crippen LogP contribution in [0.15, 0.2) is 63.9 Å². The minimum Gasteiger partial charge on any atom is -0.408 e. The molecule has 0 aliphatic carbocycles. The van der Waals surface area contributed by atoms with E-state index in [0.29, 0.717) is 11.3 Å². The van der Waals surface area contributed by atoms with Crippen LogP contribution in [0.1, 0.15) is 5.56 Å². The summed E-state index contributed by atoms with van der Waals surface area (Å²) in [6.07, 6.45) is 1.44. The van der Waals surface area contributed by atoms with Gasteiger partial charge in [-0.05, 0) is 42.8 Å². The summed E-state index contributed by atoms with van der Waals surface area (Å²) in [5.74, 6) is -1.08. The molecule has 0 saturated carbocycles. The third kappa shape index (κ3) is 3.43. The van der Waals surface area contributed by atoms with Crippen molar-refractivity contribution >= 4 is 11.6 Å². The Morgan fingerprint density at radius 1 is 1.17 bits per heavy atom. The van der Waals surface area contributed by atoms with Gasteiger partial charge in [0, 0.05) is 11.3 Å². The van der Waals surface area contributed by atoms with Crippen LogP contribution in [-0.2, 0) is 11.3 Å². The standard InChI is InChI=1S/C18H15FN2O3/c1-12-4-2-3-5-15(12)20-17(22)11-21-10-16(24-18(21)23)13-6-8-14(19)9-7-13/h2-10H,11H2,1H3,(H,20,22). The molecule has 0 atom stereocenters. The molecule has 0 fully saturated rings. The highest BCUT2D eigenvalue weighted by molar-refractivity contribution is 5.91. The molecule has 0 bridgehead atoms. The molecule has 0 aliphatic rings. The fraction of sp³-hybridized carbons (Fsp3) is 0.111. The lowest BCUT2D eigenvalue weighted by molar-refractivity contribution is -0.116. The molecule has 0 aliphatic heterocycles. The molecule has 3 aromatic rings. The van der Waals surface area contributed by atoms with E-state index in [1.165, 1.54) is 35.0 Å². The predicted octanol–water partition coefficient (Wildman–Crippen LogP) is 3.19. The first-order chi connectivity index (χ1) is 11.5. The first-order valence-electron chi connectivity index (χ1n) is 7.34. The number of nitrogens with one attached hydrogen (secondary N) is 1. The summed E-state index contributed by atoms with van der Waals surface area (Å²) in [7, 11) is 0. The van der Waals surface area contributed by atoms with Crippen molar-refractivity contribution in [3.05, 3.63) is 76.7 Å².